The molecule has 0 N–H and O–H groups in total. The highest BCUT2D eigenvalue weighted by atomic mass is 79.9. The van der Waals surface area contributed by atoms with Gasteiger partial charge in [0.25, 0.3) is 0 Å². The van der Waals surface area contributed by atoms with Crippen molar-refractivity contribution < 1.29 is 9.53 Å². The van der Waals surface area contributed by atoms with Gasteiger partial charge in [-0.3, -0.25) is 4.79 Å². The number of hydrogen-bond acceptors (Lipinski definition) is 4. The van der Waals surface area contributed by atoms with E-state index in [9.17, 15) is 4.79 Å². The molecular formula is C13H15BrN2O2. The fourth-order valence-electron chi connectivity index (χ4n) is 1.58. The highest BCUT2D eigenvalue weighted by Crippen LogP contribution is 2.23. The first kappa shape index (κ1) is 14.5. The van der Waals surface area contributed by atoms with Crippen LogP contribution in [0.25, 0.3) is 0 Å². The Hall–Kier alpha value is -1.54. The molecule has 0 aliphatic carbocycles. The van der Waals surface area contributed by atoms with E-state index in [0.717, 1.165) is 23.1 Å². The van der Waals surface area contributed by atoms with Crippen LogP contribution in [0.5, 0.6) is 0 Å². The smallest absolute Gasteiger partial charge is 0.325 e. The van der Waals surface area contributed by atoms with Gasteiger partial charge in [-0.25, -0.2) is 0 Å². The second-order valence-corrected chi connectivity index (χ2v) is 4.63. The standard InChI is InChI=1S/C13H15BrN2O2/c1-3-6-16(9-13(17)18-2)11-5-4-10(8-15)12(14)7-11/h4-5,7H,3,6,9H2,1-2H3. The number of methoxy groups -OCH3 is 1. The second-order valence-electron chi connectivity index (χ2n) is 3.77. The fourth-order valence-corrected chi connectivity index (χ4v) is 2.04. The highest BCUT2D eigenvalue weighted by molar-refractivity contribution is 9.10. The van der Waals surface area contributed by atoms with Crippen molar-refractivity contribution in [2.75, 3.05) is 25.1 Å². The maximum absolute atomic E-state index is 11.4. The Morgan fingerprint density at radius 2 is 2.28 bits per heavy atom. The van der Waals surface area contributed by atoms with Crippen LogP contribution < -0.4 is 4.90 Å². The number of hydrogen-bond donors (Lipinski definition) is 0. The minimum atomic E-state index is -0.274. The van der Waals surface area contributed by atoms with Crippen LogP contribution in [0.2, 0.25) is 0 Å². The summed E-state index contributed by atoms with van der Waals surface area (Å²) in [6.07, 6.45) is 0.925. The molecule has 0 aromatic heterocycles. The molecule has 0 aliphatic heterocycles. The van der Waals surface area contributed by atoms with Crippen molar-refractivity contribution in [2.24, 2.45) is 0 Å². The van der Waals surface area contributed by atoms with Crippen LogP contribution in [-0.2, 0) is 9.53 Å². The number of carbonyl (C=O) groups is 1. The van der Waals surface area contributed by atoms with Gasteiger partial charge in [0.05, 0.1) is 12.7 Å². The summed E-state index contributed by atoms with van der Waals surface area (Å²) in [6.45, 7) is 3.01. The average molecular weight is 311 g/mol. The molecule has 1 aromatic carbocycles. The van der Waals surface area contributed by atoms with E-state index >= 15 is 0 Å². The highest BCUT2D eigenvalue weighted by Gasteiger charge is 2.12. The Morgan fingerprint density at radius 1 is 1.56 bits per heavy atom. The third-order valence-corrected chi connectivity index (χ3v) is 3.14. The number of carbonyl (C=O) groups excluding carboxylic acids is 1. The number of nitrogens with zero attached hydrogens (tertiary/aromatic N) is 2. The number of halogens is 1. The van der Waals surface area contributed by atoms with E-state index in [2.05, 4.69) is 26.7 Å². The first-order chi connectivity index (χ1) is 8.62. The van der Waals surface area contributed by atoms with Crippen LogP contribution >= 0.6 is 15.9 Å². The molecule has 0 atom stereocenters. The lowest BCUT2D eigenvalue weighted by Gasteiger charge is -2.23. The first-order valence-electron chi connectivity index (χ1n) is 5.63. The van der Waals surface area contributed by atoms with Gasteiger partial charge in [-0.05, 0) is 40.5 Å². The summed E-state index contributed by atoms with van der Waals surface area (Å²) in [6, 6.07) is 7.50. The summed E-state index contributed by atoms with van der Waals surface area (Å²) >= 11 is 3.34. The van der Waals surface area contributed by atoms with Crippen molar-refractivity contribution in [1.82, 2.24) is 0 Å². The van der Waals surface area contributed by atoms with Crippen molar-refractivity contribution in [1.29, 1.82) is 5.26 Å². The maximum Gasteiger partial charge on any atom is 0.325 e. The van der Waals surface area contributed by atoms with Gasteiger partial charge >= 0.3 is 5.97 Å². The Morgan fingerprint density at radius 3 is 2.78 bits per heavy atom. The number of ether oxygens (including phenoxy) is 1. The van der Waals surface area contributed by atoms with Crippen LogP contribution in [0, 0.1) is 11.3 Å². The molecular weight excluding hydrogens is 296 g/mol. The summed E-state index contributed by atoms with van der Waals surface area (Å²) in [5, 5.41) is 8.87. The van der Waals surface area contributed by atoms with Gasteiger partial charge in [0.1, 0.15) is 12.6 Å². The van der Waals surface area contributed by atoms with Crippen molar-refractivity contribution in [3.63, 3.8) is 0 Å². The van der Waals surface area contributed by atoms with E-state index in [1.807, 2.05) is 24.0 Å². The van der Waals surface area contributed by atoms with Gasteiger partial charge in [0.15, 0.2) is 0 Å². The monoisotopic (exact) mass is 310 g/mol. The van der Waals surface area contributed by atoms with Gasteiger partial charge in [-0.1, -0.05) is 6.92 Å². The first-order valence-corrected chi connectivity index (χ1v) is 6.43. The molecule has 0 spiro atoms. The molecule has 4 nitrogen and oxygen atoms in total. The predicted molar refractivity (Wildman–Crippen MR) is 73.4 cm³/mol. The summed E-state index contributed by atoms with van der Waals surface area (Å²) in [5.41, 5.74) is 1.47. The van der Waals surface area contributed by atoms with Crippen LogP contribution in [0.4, 0.5) is 5.69 Å². The molecule has 0 saturated carbocycles. The second kappa shape index (κ2) is 7.02. The Kier molecular flexibility index (Phi) is 5.66. The molecule has 96 valence electrons. The van der Waals surface area contributed by atoms with Crippen molar-refractivity contribution >= 4 is 27.6 Å². The number of rotatable bonds is 5. The SMILES string of the molecule is CCCN(CC(=O)OC)c1ccc(C#N)c(Br)c1. The molecule has 0 heterocycles. The van der Waals surface area contributed by atoms with Crippen LogP contribution in [0.1, 0.15) is 18.9 Å². The van der Waals surface area contributed by atoms with E-state index in [1.54, 1.807) is 6.07 Å². The Bertz CT molecular complexity index is 469. The maximum atomic E-state index is 11.4. The van der Waals surface area contributed by atoms with Crippen LogP contribution in [-0.4, -0.2) is 26.2 Å². The molecule has 0 saturated heterocycles. The molecule has 0 bridgehead atoms. The zero-order valence-electron chi connectivity index (χ0n) is 10.4. The van der Waals surface area contributed by atoms with Gasteiger partial charge in [-0.15, -0.1) is 0 Å². The lowest BCUT2D eigenvalue weighted by atomic mass is 10.2. The average Bonchev–Trinajstić information content (AvgIpc) is 2.38. The van der Waals surface area contributed by atoms with Gasteiger partial charge < -0.3 is 9.64 Å². The molecule has 0 radical (unpaired) electrons. The number of anilines is 1. The number of benzene rings is 1. The minimum Gasteiger partial charge on any atom is -0.468 e. The molecule has 1 rings (SSSR count). The van der Waals surface area contributed by atoms with Crippen LogP contribution in [0.15, 0.2) is 22.7 Å². The summed E-state index contributed by atoms with van der Waals surface area (Å²) < 4.78 is 5.41. The van der Waals surface area contributed by atoms with Gasteiger partial charge in [0.2, 0.25) is 0 Å². The van der Waals surface area contributed by atoms with E-state index < -0.39 is 0 Å². The Balaban J connectivity index is 2.95. The predicted octanol–water partition coefficient (Wildman–Crippen LogP) is 2.71. The third kappa shape index (κ3) is 3.74. The van der Waals surface area contributed by atoms with E-state index in [-0.39, 0.29) is 12.5 Å². The molecule has 0 aliphatic rings. The summed E-state index contributed by atoms with van der Waals surface area (Å²) in [4.78, 5) is 13.3. The lowest BCUT2D eigenvalue weighted by molar-refractivity contribution is -0.138. The normalized spacial score (nSPS) is 9.67. The lowest BCUT2D eigenvalue weighted by Crippen LogP contribution is -2.31. The minimum absolute atomic E-state index is 0.211. The molecule has 5 heteroatoms. The number of nitriles is 1. The zero-order chi connectivity index (χ0) is 13.5. The van der Waals surface area contributed by atoms with Crippen molar-refractivity contribution in [2.45, 2.75) is 13.3 Å². The zero-order valence-corrected chi connectivity index (χ0v) is 12.0. The van der Waals surface area contributed by atoms with E-state index in [1.165, 1.54) is 7.11 Å². The molecule has 0 amide bonds. The van der Waals surface area contributed by atoms with Crippen molar-refractivity contribution in [3.8, 4) is 6.07 Å². The molecule has 18 heavy (non-hydrogen) atoms. The van der Waals surface area contributed by atoms with E-state index in [0.29, 0.717) is 5.56 Å². The van der Waals surface area contributed by atoms with E-state index in [4.69, 9.17) is 5.26 Å². The number of esters is 1. The summed E-state index contributed by atoms with van der Waals surface area (Å²) in [5.74, 6) is -0.274. The quantitative estimate of drug-likeness (QED) is 0.785. The molecule has 0 fully saturated rings. The Labute approximate surface area is 115 Å². The summed E-state index contributed by atoms with van der Waals surface area (Å²) in [7, 11) is 1.38. The molecule has 1 aromatic rings. The van der Waals surface area contributed by atoms with Gasteiger partial charge in [-0.2, -0.15) is 5.26 Å². The largest absolute Gasteiger partial charge is 0.468 e. The fraction of sp³-hybridized carbons (Fsp3) is 0.385. The topological polar surface area (TPSA) is 53.3 Å². The van der Waals surface area contributed by atoms with Gasteiger partial charge in [0, 0.05) is 16.7 Å². The van der Waals surface area contributed by atoms with Crippen molar-refractivity contribution in [3.05, 3.63) is 28.2 Å². The third-order valence-electron chi connectivity index (χ3n) is 2.48. The van der Waals surface area contributed by atoms with Crippen LogP contribution in [0.3, 0.4) is 0 Å². The molecule has 0 unspecified atom stereocenters.